The second-order valence-electron chi connectivity index (χ2n) is 6.44. The van der Waals surface area contributed by atoms with Crippen LogP contribution in [0.3, 0.4) is 0 Å². The van der Waals surface area contributed by atoms with Crippen molar-refractivity contribution in [2.45, 2.75) is 66.5 Å². The van der Waals surface area contributed by atoms with Crippen LogP contribution in [0, 0.1) is 5.92 Å². The van der Waals surface area contributed by atoms with Crippen LogP contribution in [-0.2, 0) is 0 Å². The van der Waals surface area contributed by atoms with E-state index in [1.807, 2.05) is 19.9 Å². The minimum Gasteiger partial charge on any atom is -0.491 e. The van der Waals surface area contributed by atoms with Crippen molar-refractivity contribution in [2.75, 3.05) is 17.2 Å². The summed E-state index contributed by atoms with van der Waals surface area (Å²) >= 11 is 0. The molecule has 1 aromatic carbocycles. The van der Waals surface area contributed by atoms with Gasteiger partial charge in [-0.3, -0.25) is 0 Å². The predicted molar refractivity (Wildman–Crippen MR) is 93.2 cm³/mol. The van der Waals surface area contributed by atoms with E-state index in [-0.39, 0.29) is 6.10 Å². The van der Waals surface area contributed by atoms with Crippen molar-refractivity contribution in [1.82, 2.24) is 0 Å². The molecular formula is C18H32N2O. The lowest BCUT2D eigenvalue weighted by Gasteiger charge is -2.34. The number of ether oxygens (including phenoxy) is 1. The van der Waals surface area contributed by atoms with Crippen molar-refractivity contribution in [1.29, 1.82) is 0 Å². The molecule has 0 bridgehead atoms. The summed E-state index contributed by atoms with van der Waals surface area (Å²) in [4.78, 5) is 2.48. The maximum Gasteiger partial charge on any atom is 0.123 e. The maximum absolute atomic E-state index is 6.08. The monoisotopic (exact) mass is 292 g/mol. The Labute approximate surface area is 130 Å². The molecule has 3 heteroatoms. The molecule has 0 fully saturated rings. The molecule has 21 heavy (non-hydrogen) atoms. The van der Waals surface area contributed by atoms with Gasteiger partial charge < -0.3 is 15.4 Å². The van der Waals surface area contributed by atoms with Gasteiger partial charge in [-0.2, -0.15) is 0 Å². The summed E-state index contributed by atoms with van der Waals surface area (Å²) in [6, 6.07) is 6.63. The molecule has 3 nitrogen and oxygen atoms in total. The van der Waals surface area contributed by atoms with Crippen LogP contribution in [0.4, 0.5) is 11.4 Å². The van der Waals surface area contributed by atoms with E-state index in [9.17, 15) is 0 Å². The SMILES string of the molecule is CCC(CC)N(CC(C)C)c1cc(N)cc(OC(C)C)c1. The van der Waals surface area contributed by atoms with Crippen molar-refractivity contribution in [3.8, 4) is 5.75 Å². The van der Waals surface area contributed by atoms with E-state index in [0.717, 1.165) is 30.8 Å². The third-order valence-electron chi connectivity index (χ3n) is 3.56. The highest BCUT2D eigenvalue weighted by molar-refractivity contribution is 5.61. The molecule has 0 saturated heterocycles. The zero-order chi connectivity index (χ0) is 16.0. The summed E-state index contributed by atoms with van der Waals surface area (Å²) in [5.74, 6) is 1.47. The molecule has 1 rings (SSSR count). The number of rotatable bonds is 8. The first kappa shape index (κ1) is 17.7. The van der Waals surface area contributed by atoms with Crippen LogP contribution in [-0.4, -0.2) is 18.7 Å². The second kappa shape index (κ2) is 8.16. The van der Waals surface area contributed by atoms with Gasteiger partial charge in [0.1, 0.15) is 5.75 Å². The van der Waals surface area contributed by atoms with Gasteiger partial charge in [-0.25, -0.2) is 0 Å². The third-order valence-corrected chi connectivity index (χ3v) is 3.56. The molecular weight excluding hydrogens is 260 g/mol. The minimum absolute atomic E-state index is 0.159. The van der Waals surface area contributed by atoms with Gasteiger partial charge >= 0.3 is 0 Å². The number of anilines is 2. The van der Waals surface area contributed by atoms with Gasteiger partial charge in [-0.1, -0.05) is 27.7 Å². The molecule has 0 heterocycles. The van der Waals surface area contributed by atoms with Crippen LogP contribution in [0.25, 0.3) is 0 Å². The Balaban J connectivity index is 3.13. The Kier molecular flexibility index (Phi) is 6.86. The summed E-state index contributed by atoms with van der Waals surface area (Å²) in [6.45, 7) is 14.1. The maximum atomic E-state index is 6.08. The summed E-state index contributed by atoms with van der Waals surface area (Å²) in [5.41, 5.74) is 8.02. The Morgan fingerprint density at radius 3 is 2.14 bits per heavy atom. The Morgan fingerprint density at radius 2 is 1.67 bits per heavy atom. The Morgan fingerprint density at radius 1 is 1.05 bits per heavy atom. The van der Waals surface area contributed by atoms with E-state index in [1.165, 1.54) is 5.69 Å². The molecule has 0 aliphatic heterocycles. The van der Waals surface area contributed by atoms with E-state index in [1.54, 1.807) is 0 Å². The van der Waals surface area contributed by atoms with Crippen molar-refractivity contribution in [3.05, 3.63) is 18.2 Å². The Bertz CT molecular complexity index is 425. The largest absolute Gasteiger partial charge is 0.491 e. The molecule has 0 radical (unpaired) electrons. The van der Waals surface area contributed by atoms with Gasteiger partial charge in [0.25, 0.3) is 0 Å². The van der Waals surface area contributed by atoms with E-state index in [2.05, 4.69) is 44.7 Å². The van der Waals surface area contributed by atoms with Crippen molar-refractivity contribution < 1.29 is 4.74 Å². The molecule has 0 spiro atoms. The minimum atomic E-state index is 0.159. The lowest BCUT2D eigenvalue weighted by Crippen LogP contribution is -2.37. The molecule has 1 aromatic rings. The number of hydrogen-bond acceptors (Lipinski definition) is 3. The highest BCUT2D eigenvalue weighted by Gasteiger charge is 2.18. The number of nitrogen functional groups attached to an aromatic ring is 1. The summed E-state index contributed by atoms with van der Waals surface area (Å²) in [6.07, 6.45) is 2.43. The first-order chi connectivity index (χ1) is 9.87. The van der Waals surface area contributed by atoms with Crippen molar-refractivity contribution in [3.63, 3.8) is 0 Å². The standard InChI is InChI=1S/C18H32N2O/c1-7-16(8-2)20(12-13(3)4)17-9-15(19)10-18(11-17)21-14(5)6/h9-11,13-14,16H,7-8,12,19H2,1-6H3. The van der Waals surface area contributed by atoms with Crippen molar-refractivity contribution in [2.24, 2.45) is 5.92 Å². The molecule has 0 aliphatic carbocycles. The van der Waals surface area contributed by atoms with Gasteiger partial charge in [0.2, 0.25) is 0 Å². The molecule has 0 amide bonds. The Hall–Kier alpha value is -1.38. The van der Waals surface area contributed by atoms with E-state index in [0.29, 0.717) is 12.0 Å². The normalized spacial score (nSPS) is 11.5. The van der Waals surface area contributed by atoms with Crippen LogP contribution in [0.15, 0.2) is 18.2 Å². The van der Waals surface area contributed by atoms with Crippen LogP contribution in [0.5, 0.6) is 5.75 Å². The first-order valence-electron chi connectivity index (χ1n) is 8.21. The smallest absolute Gasteiger partial charge is 0.123 e. The fourth-order valence-corrected chi connectivity index (χ4v) is 2.70. The topological polar surface area (TPSA) is 38.5 Å². The second-order valence-corrected chi connectivity index (χ2v) is 6.44. The fraction of sp³-hybridized carbons (Fsp3) is 0.667. The fourth-order valence-electron chi connectivity index (χ4n) is 2.70. The van der Waals surface area contributed by atoms with Gasteiger partial charge in [0.05, 0.1) is 6.10 Å². The third kappa shape index (κ3) is 5.49. The van der Waals surface area contributed by atoms with Crippen molar-refractivity contribution >= 4 is 11.4 Å². The number of nitrogens with zero attached hydrogens (tertiary/aromatic N) is 1. The summed E-state index contributed by atoms with van der Waals surface area (Å²) in [5, 5.41) is 0. The summed E-state index contributed by atoms with van der Waals surface area (Å²) < 4.78 is 5.83. The van der Waals surface area contributed by atoms with Crippen LogP contribution in [0.2, 0.25) is 0 Å². The first-order valence-corrected chi connectivity index (χ1v) is 8.21. The lowest BCUT2D eigenvalue weighted by atomic mass is 10.1. The quantitative estimate of drug-likeness (QED) is 0.705. The molecule has 0 saturated carbocycles. The molecule has 120 valence electrons. The average molecular weight is 292 g/mol. The van der Waals surface area contributed by atoms with Crippen LogP contribution in [0.1, 0.15) is 54.4 Å². The van der Waals surface area contributed by atoms with Crippen LogP contribution >= 0.6 is 0 Å². The molecule has 0 aliphatic rings. The zero-order valence-electron chi connectivity index (χ0n) is 14.5. The summed E-state index contributed by atoms with van der Waals surface area (Å²) in [7, 11) is 0. The highest BCUT2D eigenvalue weighted by atomic mass is 16.5. The number of nitrogens with two attached hydrogens (primary N) is 1. The van der Waals surface area contributed by atoms with E-state index < -0.39 is 0 Å². The molecule has 0 unspecified atom stereocenters. The van der Waals surface area contributed by atoms with E-state index >= 15 is 0 Å². The van der Waals surface area contributed by atoms with Crippen LogP contribution < -0.4 is 15.4 Å². The highest BCUT2D eigenvalue weighted by Crippen LogP contribution is 2.29. The lowest BCUT2D eigenvalue weighted by molar-refractivity contribution is 0.242. The van der Waals surface area contributed by atoms with Gasteiger partial charge in [0, 0.05) is 36.1 Å². The number of hydrogen-bond donors (Lipinski definition) is 1. The van der Waals surface area contributed by atoms with Gasteiger partial charge in [-0.05, 0) is 38.7 Å². The zero-order valence-corrected chi connectivity index (χ0v) is 14.5. The number of benzene rings is 1. The molecule has 2 N–H and O–H groups in total. The predicted octanol–water partition coefficient (Wildman–Crippen LogP) is 4.71. The molecule has 0 aromatic heterocycles. The van der Waals surface area contributed by atoms with Gasteiger partial charge in [0.15, 0.2) is 0 Å². The van der Waals surface area contributed by atoms with Gasteiger partial charge in [-0.15, -0.1) is 0 Å². The van der Waals surface area contributed by atoms with E-state index in [4.69, 9.17) is 10.5 Å². The molecule has 0 atom stereocenters. The average Bonchev–Trinajstić information content (AvgIpc) is 2.36.